The molecule has 5 nitrogen and oxygen atoms in total. The number of piperidine rings is 1. The van der Waals surface area contributed by atoms with Crippen LogP contribution in [0.1, 0.15) is 23.3 Å². The van der Waals surface area contributed by atoms with E-state index in [4.69, 9.17) is 0 Å². The highest BCUT2D eigenvalue weighted by Crippen LogP contribution is 2.37. The molecule has 3 heterocycles. The standard InChI is InChI=1S/C21H22N2O3S/c1-14-6-8-16(9-7-14)23-20(25)18(17-5-3-11-27-17)19(21(23)26)22-10-2-4-15(12-22)13-24/h3,5-9,11,15,24H,2,4,10,12-13H2,1H3. The smallest absolute Gasteiger partial charge is 0.282 e. The molecular weight excluding hydrogens is 360 g/mol. The third-order valence-corrected chi connectivity index (χ3v) is 6.10. The molecule has 1 atom stereocenters. The number of hydrogen-bond donors (Lipinski definition) is 1. The van der Waals surface area contributed by atoms with E-state index in [1.165, 1.54) is 16.2 Å². The summed E-state index contributed by atoms with van der Waals surface area (Å²) >= 11 is 1.47. The Kier molecular flexibility index (Phi) is 4.85. The number of benzene rings is 1. The maximum absolute atomic E-state index is 13.3. The van der Waals surface area contributed by atoms with Crippen LogP contribution in [-0.4, -0.2) is 41.5 Å². The van der Waals surface area contributed by atoms with Crippen molar-refractivity contribution in [2.75, 3.05) is 24.6 Å². The molecule has 2 aromatic rings. The normalized spacial score (nSPS) is 20.7. The maximum atomic E-state index is 13.3. The van der Waals surface area contributed by atoms with Crippen molar-refractivity contribution in [3.8, 4) is 0 Å². The van der Waals surface area contributed by atoms with Crippen molar-refractivity contribution >= 4 is 34.4 Å². The molecule has 1 N–H and O–H groups in total. The van der Waals surface area contributed by atoms with Gasteiger partial charge in [-0.2, -0.15) is 0 Å². The van der Waals surface area contributed by atoms with Gasteiger partial charge in [-0.05, 0) is 49.3 Å². The second-order valence-corrected chi connectivity index (χ2v) is 8.07. The summed E-state index contributed by atoms with van der Waals surface area (Å²) in [5, 5.41) is 11.5. The highest BCUT2D eigenvalue weighted by Gasteiger charge is 2.43. The molecule has 1 aromatic carbocycles. The van der Waals surface area contributed by atoms with Crippen LogP contribution in [0.5, 0.6) is 0 Å². The summed E-state index contributed by atoms with van der Waals surface area (Å²) < 4.78 is 0. The molecule has 1 aromatic heterocycles. The number of carbonyl (C=O) groups excluding carboxylic acids is 2. The Morgan fingerprint density at radius 1 is 1.15 bits per heavy atom. The Labute approximate surface area is 162 Å². The zero-order chi connectivity index (χ0) is 19.0. The Balaban J connectivity index is 1.77. The molecule has 1 saturated heterocycles. The Bertz CT molecular complexity index is 887. The molecule has 0 spiro atoms. The largest absolute Gasteiger partial charge is 0.396 e. The van der Waals surface area contributed by atoms with Gasteiger partial charge in [-0.25, -0.2) is 4.90 Å². The van der Waals surface area contributed by atoms with E-state index >= 15 is 0 Å². The van der Waals surface area contributed by atoms with E-state index in [1.54, 1.807) is 0 Å². The van der Waals surface area contributed by atoms with E-state index in [2.05, 4.69) is 0 Å². The minimum absolute atomic E-state index is 0.0991. The van der Waals surface area contributed by atoms with Crippen LogP contribution in [0.15, 0.2) is 47.5 Å². The molecule has 2 aliphatic heterocycles. The van der Waals surface area contributed by atoms with Crippen molar-refractivity contribution in [1.82, 2.24) is 4.90 Å². The van der Waals surface area contributed by atoms with Gasteiger partial charge in [0.1, 0.15) is 5.70 Å². The maximum Gasteiger partial charge on any atom is 0.282 e. The van der Waals surface area contributed by atoms with Gasteiger partial charge in [-0.15, -0.1) is 11.3 Å². The van der Waals surface area contributed by atoms with Gasteiger partial charge < -0.3 is 10.0 Å². The Morgan fingerprint density at radius 3 is 2.59 bits per heavy atom. The van der Waals surface area contributed by atoms with Gasteiger partial charge in [-0.3, -0.25) is 9.59 Å². The number of hydrogen-bond acceptors (Lipinski definition) is 5. The van der Waals surface area contributed by atoms with Crippen molar-refractivity contribution in [2.24, 2.45) is 5.92 Å². The molecule has 1 fully saturated rings. The molecule has 6 heteroatoms. The lowest BCUT2D eigenvalue weighted by Crippen LogP contribution is -2.40. The number of nitrogens with zero attached hydrogens (tertiary/aromatic N) is 2. The highest BCUT2D eigenvalue weighted by molar-refractivity contribution is 7.11. The van der Waals surface area contributed by atoms with Crippen LogP contribution in [0.25, 0.3) is 5.57 Å². The number of anilines is 1. The SMILES string of the molecule is Cc1ccc(N2C(=O)C(c3cccs3)=C(N3CCCC(CO)C3)C2=O)cc1. The summed E-state index contributed by atoms with van der Waals surface area (Å²) in [7, 11) is 0. The van der Waals surface area contributed by atoms with Gasteiger partial charge in [0.15, 0.2) is 0 Å². The summed E-state index contributed by atoms with van der Waals surface area (Å²) in [5.74, 6) is -0.412. The van der Waals surface area contributed by atoms with E-state index < -0.39 is 0 Å². The topological polar surface area (TPSA) is 60.9 Å². The van der Waals surface area contributed by atoms with Crippen LogP contribution in [0.4, 0.5) is 5.69 Å². The van der Waals surface area contributed by atoms with Crippen LogP contribution in [0, 0.1) is 12.8 Å². The molecule has 2 aliphatic rings. The molecule has 4 rings (SSSR count). The number of thiophene rings is 1. The molecule has 0 radical (unpaired) electrons. The quantitative estimate of drug-likeness (QED) is 0.826. The molecule has 1 unspecified atom stereocenters. The first-order valence-electron chi connectivity index (χ1n) is 9.19. The van der Waals surface area contributed by atoms with Crippen molar-refractivity contribution in [3.63, 3.8) is 0 Å². The van der Waals surface area contributed by atoms with E-state index in [-0.39, 0.29) is 24.3 Å². The van der Waals surface area contributed by atoms with E-state index in [0.29, 0.717) is 23.5 Å². The van der Waals surface area contributed by atoms with Gasteiger partial charge in [0.25, 0.3) is 11.8 Å². The average molecular weight is 382 g/mol. The van der Waals surface area contributed by atoms with Gasteiger partial charge in [-0.1, -0.05) is 23.8 Å². The molecule has 2 amide bonds. The number of imide groups is 1. The summed E-state index contributed by atoms with van der Waals surface area (Å²) in [5.41, 5.74) is 2.62. The summed E-state index contributed by atoms with van der Waals surface area (Å²) in [6, 6.07) is 11.2. The average Bonchev–Trinajstić information content (AvgIpc) is 3.29. The number of aliphatic hydroxyl groups is 1. The van der Waals surface area contributed by atoms with Gasteiger partial charge >= 0.3 is 0 Å². The van der Waals surface area contributed by atoms with Crippen molar-refractivity contribution in [2.45, 2.75) is 19.8 Å². The number of aliphatic hydroxyl groups excluding tert-OH is 1. The predicted octanol–water partition coefficient (Wildman–Crippen LogP) is 3.05. The lowest BCUT2D eigenvalue weighted by atomic mass is 9.98. The second-order valence-electron chi connectivity index (χ2n) is 7.12. The van der Waals surface area contributed by atoms with Crippen LogP contribution in [0.3, 0.4) is 0 Å². The zero-order valence-electron chi connectivity index (χ0n) is 15.2. The number of aryl methyl sites for hydroxylation is 1. The predicted molar refractivity (Wildman–Crippen MR) is 106 cm³/mol. The fraction of sp³-hybridized carbons (Fsp3) is 0.333. The number of carbonyl (C=O) groups is 2. The molecule has 0 bridgehead atoms. The molecule has 0 saturated carbocycles. The van der Waals surface area contributed by atoms with Crippen molar-refractivity contribution in [3.05, 3.63) is 57.9 Å². The number of amides is 2. The third-order valence-electron chi connectivity index (χ3n) is 5.21. The third kappa shape index (κ3) is 3.19. The lowest BCUT2D eigenvalue weighted by molar-refractivity contribution is -0.120. The zero-order valence-corrected chi connectivity index (χ0v) is 16.0. The molecule has 140 valence electrons. The van der Waals surface area contributed by atoms with Crippen molar-refractivity contribution < 1.29 is 14.7 Å². The van der Waals surface area contributed by atoms with Gasteiger partial charge in [0.2, 0.25) is 0 Å². The minimum atomic E-state index is -0.272. The van der Waals surface area contributed by atoms with Gasteiger partial charge in [0, 0.05) is 24.6 Å². The molecule has 0 aliphatic carbocycles. The Morgan fingerprint density at radius 2 is 1.93 bits per heavy atom. The second kappa shape index (κ2) is 7.29. The number of rotatable bonds is 4. The summed E-state index contributed by atoms with van der Waals surface area (Å²) in [4.78, 5) is 30.7. The molecular formula is C21H22N2O3S. The Hall–Kier alpha value is -2.44. The fourth-order valence-corrected chi connectivity index (χ4v) is 4.56. The highest BCUT2D eigenvalue weighted by atomic mass is 32.1. The monoisotopic (exact) mass is 382 g/mol. The fourth-order valence-electron chi connectivity index (χ4n) is 3.80. The summed E-state index contributed by atoms with van der Waals surface area (Å²) in [6.07, 6.45) is 1.84. The molecule has 27 heavy (non-hydrogen) atoms. The first kappa shape index (κ1) is 17.9. The first-order chi connectivity index (χ1) is 13.1. The minimum Gasteiger partial charge on any atom is -0.396 e. The van der Waals surface area contributed by atoms with E-state index in [9.17, 15) is 14.7 Å². The number of likely N-dealkylation sites (tertiary alicyclic amines) is 1. The first-order valence-corrected chi connectivity index (χ1v) is 10.1. The summed E-state index contributed by atoms with van der Waals surface area (Å²) in [6.45, 7) is 3.39. The van der Waals surface area contributed by atoms with Crippen LogP contribution in [0.2, 0.25) is 0 Å². The van der Waals surface area contributed by atoms with E-state index in [1.807, 2.05) is 53.6 Å². The lowest BCUT2D eigenvalue weighted by Gasteiger charge is -2.34. The van der Waals surface area contributed by atoms with Crippen molar-refractivity contribution in [1.29, 1.82) is 0 Å². The van der Waals surface area contributed by atoms with Gasteiger partial charge in [0.05, 0.1) is 11.3 Å². The van der Waals surface area contributed by atoms with Crippen LogP contribution >= 0.6 is 11.3 Å². The van der Waals surface area contributed by atoms with Crippen LogP contribution < -0.4 is 4.90 Å². The van der Waals surface area contributed by atoms with E-state index in [0.717, 1.165) is 29.8 Å². The van der Waals surface area contributed by atoms with Crippen LogP contribution in [-0.2, 0) is 9.59 Å².